The van der Waals surface area contributed by atoms with E-state index < -0.39 is 0 Å². The molecule has 1 saturated heterocycles. The van der Waals surface area contributed by atoms with E-state index in [1.807, 2.05) is 30.5 Å². The Morgan fingerprint density at radius 2 is 2.22 bits per heavy atom. The Bertz CT molecular complexity index is 422. The lowest BCUT2D eigenvalue weighted by Crippen LogP contribution is -2.40. The average Bonchev–Trinajstić information content (AvgIpc) is 2.39. The summed E-state index contributed by atoms with van der Waals surface area (Å²) < 4.78 is 0. The van der Waals surface area contributed by atoms with Crippen molar-refractivity contribution in [2.24, 2.45) is 5.92 Å². The van der Waals surface area contributed by atoms with Gasteiger partial charge in [-0.1, -0.05) is 12.1 Å². The number of rotatable bonds is 3. The van der Waals surface area contributed by atoms with E-state index in [1.165, 1.54) is 0 Å². The highest BCUT2D eigenvalue weighted by Crippen LogP contribution is 2.26. The van der Waals surface area contributed by atoms with E-state index in [1.54, 1.807) is 11.8 Å². The molecule has 18 heavy (non-hydrogen) atoms. The average molecular weight is 264 g/mol. The summed E-state index contributed by atoms with van der Waals surface area (Å²) in [5.74, 6) is 0.293. The number of para-hydroxylation sites is 1. The molecule has 2 atom stereocenters. The molecule has 0 radical (unpaired) electrons. The van der Waals surface area contributed by atoms with E-state index in [4.69, 9.17) is 0 Å². The maximum atomic E-state index is 12.2. The number of carbonyl (C=O) groups is 1. The molecule has 98 valence electrons. The zero-order valence-electron chi connectivity index (χ0n) is 10.9. The van der Waals surface area contributed by atoms with Crippen molar-refractivity contribution in [2.75, 3.05) is 18.1 Å². The van der Waals surface area contributed by atoms with Crippen molar-refractivity contribution in [3.8, 4) is 0 Å². The fourth-order valence-corrected chi connectivity index (χ4v) is 2.91. The van der Waals surface area contributed by atoms with Crippen LogP contribution in [0.25, 0.3) is 0 Å². The van der Waals surface area contributed by atoms with Crippen LogP contribution in [-0.4, -0.2) is 24.7 Å². The molecule has 0 bridgehead atoms. The minimum absolute atomic E-state index is 0.135. The standard InChI is InChI=1S/C14H20N2OS/c1-10-9-11(7-8-15-10)14(17)16-12-5-3-4-6-13(12)18-2/h3-6,10-11,15H,7-9H2,1-2H3,(H,16,17). The first-order chi connectivity index (χ1) is 8.70. The molecule has 4 heteroatoms. The van der Waals surface area contributed by atoms with Crippen LogP contribution in [0, 0.1) is 5.92 Å². The lowest BCUT2D eigenvalue weighted by Gasteiger charge is -2.27. The molecule has 1 aliphatic heterocycles. The molecule has 0 spiro atoms. The van der Waals surface area contributed by atoms with Gasteiger partial charge in [-0.3, -0.25) is 4.79 Å². The van der Waals surface area contributed by atoms with Crippen LogP contribution >= 0.6 is 11.8 Å². The quantitative estimate of drug-likeness (QED) is 0.825. The van der Waals surface area contributed by atoms with Gasteiger partial charge in [0.15, 0.2) is 0 Å². The van der Waals surface area contributed by atoms with Crippen LogP contribution in [0.4, 0.5) is 5.69 Å². The highest BCUT2D eigenvalue weighted by atomic mass is 32.2. The van der Waals surface area contributed by atoms with Gasteiger partial charge in [-0.2, -0.15) is 0 Å². The fourth-order valence-electron chi connectivity index (χ4n) is 2.35. The van der Waals surface area contributed by atoms with Gasteiger partial charge < -0.3 is 10.6 Å². The van der Waals surface area contributed by atoms with Crippen LogP contribution in [0.5, 0.6) is 0 Å². The third kappa shape index (κ3) is 3.27. The van der Waals surface area contributed by atoms with Gasteiger partial charge in [-0.15, -0.1) is 11.8 Å². The number of amides is 1. The van der Waals surface area contributed by atoms with Crippen molar-refractivity contribution in [2.45, 2.75) is 30.7 Å². The van der Waals surface area contributed by atoms with Gasteiger partial charge in [0.2, 0.25) is 5.91 Å². The van der Waals surface area contributed by atoms with Crippen molar-refractivity contribution in [1.29, 1.82) is 0 Å². The molecule has 1 heterocycles. The summed E-state index contributed by atoms with van der Waals surface area (Å²) in [4.78, 5) is 13.4. The lowest BCUT2D eigenvalue weighted by molar-refractivity contribution is -0.120. The van der Waals surface area contributed by atoms with Crippen LogP contribution in [0.3, 0.4) is 0 Å². The van der Waals surface area contributed by atoms with E-state index in [-0.39, 0.29) is 11.8 Å². The normalized spacial score (nSPS) is 23.7. The zero-order chi connectivity index (χ0) is 13.0. The summed E-state index contributed by atoms with van der Waals surface area (Å²) in [5, 5.41) is 6.43. The Morgan fingerprint density at radius 3 is 2.94 bits per heavy atom. The second-order valence-electron chi connectivity index (χ2n) is 4.77. The topological polar surface area (TPSA) is 41.1 Å². The number of piperidine rings is 1. The van der Waals surface area contributed by atoms with Gasteiger partial charge in [0.25, 0.3) is 0 Å². The predicted molar refractivity (Wildman–Crippen MR) is 77.0 cm³/mol. The third-order valence-electron chi connectivity index (χ3n) is 3.36. The second kappa shape index (κ2) is 6.25. The second-order valence-corrected chi connectivity index (χ2v) is 5.61. The monoisotopic (exact) mass is 264 g/mol. The maximum Gasteiger partial charge on any atom is 0.227 e. The Balaban J connectivity index is 2.02. The van der Waals surface area contributed by atoms with Crippen molar-refractivity contribution in [1.82, 2.24) is 5.32 Å². The van der Waals surface area contributed by atoms with E-state index in [2.05, 4.69) is 17.6 Å². The summed E-state index contributed by atoms with van der Waals surface area (Å²) in [7, 11) is 0. The molecule has 0 aliphatic carbocycles. The van der Waals surface area contributed by atoms with Gasteiger partial charge in [0.05, 0.1) is 5.69 Å². The fraction of sp³-hybridized carbons (Fsp3) is 0.500. The lowest BCUT2D eigenvalue weighted by atomic mass is 9.92. The van der Waals surface area contributed by atoms with E-state index in [0.29, 0.717) is 6.04 Å². The van der Waals surface area contributed by atoms with Crippen LogP contribution < -0.4 is 10.6 Å². The van der Waals surface area contributed by atoms with Gasteiger partial charge >= 0.3 is 0 Å². The molecular weight excluding hydrogens is 244 g/mol. The first-order valence-corrected chi connectivity index (χ1v) is 7.60. The minimum Gasteiger partial charge on any atom is -0.325 e. The molecule has 1 amide bonds. The Labute approximate surface area is 113 Å². The summed E-state index contributed by atoms with van der Waals surface area (Å²) in [5.41, 5.74) is 0.932. The number of hydrogen-bond acceptors (Lipinski definition) is 3. The molecule has 2 N–H and O–H groups in total. The van der Waals surface area contributed by atoms with Crippen molar-refractivity contribution < 1.29 is 4.79 Å². The van der Waals surface area contributed by atoms with Crippen molar-refractivity contribution >= 4 is 23.4 Å². The number of carbonyl (C=O) groups excluding carboxylic acids is 1. The summed E-state index contributed by atoms with van der Waals surface area (Å²) in [6.45, 7) is 3.07. The summed E-state index contributed by atoms with van der Waals surface area (Å²) >= 11 is 1.66. The number of hydrogen-bond donors (Lipinski definition) is 2. The highest BCUT2D eigenvalue weighted by molar-refractivity contribution is 7.98. The molecule has 0 aromatic heterocycles. The summed E-state index contributed by atoms with van der Waals surface area (Å²) in [6, 6.07) is 8.39. The van der Waals surface area contributed by atoms with E-state index in [0.717, 1.165) is 30.0 Å². The van der Waals surface area contributed by atoms with Gasteiger partial charge in [0, 0.05) is 16.9 Å². The Hall–Kier alpha value is -1.00. The molecule has 3 nitrogen and oxygen atoms in total. The first-order valence-electron chi connectivity index (χ1n) is 6.38. The van der Waals surface area contributed by atoms with Crippen molar-refractivity contribution in [3.05, 3.63) is 24.3 Å². The number of nitrogens with one attached hydrogen (secondary N) is 2. The number of thioether (sulfide) groups is 1. The molecule has 0 saturated carbocycles. The first kappa shape index (κ1) is 13.4. The highest BCUT2D eigenvalue weighted by Gasteiger charge is 2.24. The molecule has 1 aromatic carbocycles. The van der Waals surface area contributed by atoms with Gasteiger partial charge in [0.1, 0.15) is 0 Å². The predicted octanol–water partition coefficient (Wildman–Crippen LogP) is 2.74. The molecule has 1 fully saturated rings. The maximum absolute atomic E-state index is 12.2. The number of anilines is 1. The summed E-state index contributed by atoms with van der Waals surface area (Å²) in [6.07, 6.45) is 3.88. The zero-order valence-corrected chi connectivity index (χ0v) is 11.7. The van der Waals surface area contributed by atoms with Crippen LogP contribution in [0.2, 0.25) is 0 Å². The molecule has 1 aliphatic rings. The SMILES string of the molecule is CSc1ccccc1NC(=O)C1CCNC(C)C1. The van der Waals surface area contributed by atoms with E-state index >= 15 is 0 Å². The van der Waals surface area contributed by atoms with Crippen LogP contribution in [0.1, 0.15) is 19.8 Å². The molecule has 2 rings (SSSR count). The van der Waals surface area contributed by atoms with Crippen molar-refractivity contribution in [3.63, 3.8) is 0 Å². The smallest absolute Gasteiger partial charge is 0.227 e. The molecule has 1 aromatic rings. The largest absolute Gasteiger partial charge is 0.325 e. The van der Waals surface area contributed by atoms with Crippen LogP contribution in [0.15, 0.2) is 29.2 Å². The molecule has 2 unspecified atom stereocenters. The number of benzene rings is 1. The van der Waals surface area contributed by atoms with Gasteiger partial charge in [-0.05, 0) is 44.7 Å². The minimum atomic E-state index is 0.135. The Morgan fingerprint density at radius 1 is 1.44 bits per heavy atom. The van der Waals surface area contributed by atoms with Gasteiger partial charge in [-0.25, -0.2) is 0 Å². The molecular formula is C14H20N2OS. The third-order valence-corrected chi connectivity index (χ3v) is 4.16. The van der Waals surface area contributed by atoms with E-state index in [9.17, 15) is 4.79 Å². The van der Waals surface area contributed by atoms with Crippen LogP contribution in [-0.2, 0) is 4.79 Å². The Kier molecular flexibility index (Phi) is 4.66.